The molecule has 19 heavy (non-hydrogen) atoms. The van der Waals surface area contributed by atoms with Crippen molar-refractivity contribution in [3.05, 3.63) is 35.4 Å². The molecule has 102 valence electrons. The molecule has 2 nitrogen and oxygen atoms in total. The summed E-state index contributed by atoms with van der Waals surface area (Å²) in [6.07, 6.45) is 5.51. The number of rotatable bonds is 3. The molecule has 1 aliphatic carbocycles. The Labute approximate surface area is 115 Å². The SMILES string of the molecule is Cc1ccccc1CN1CCCC1C1CCCC1=O. The van der Waals surface area contributed by atoms with Crippen LogP contribution in [0.3, 0.4) is 0 Å². The second kappa shape index (κ2) is 5.46. The molecule has 0 N–H and O–H groups in total. The zero-order chi connectivity index (χ0) is 13.2. The summed E-state index contributed by atoms with van der Waals surface area (Å²) in [6, 6.07) is 9.13. The van der Waals surface area contributed by atoms with E-state index in [1.54, 1.807) is 0 Å². The van der Waals surface area contributed by atoms with E-state index >= 15 is 0 Å². The van der Waals surface area contributed by atoms with Crippen molar-refractivity contribution in [1.82, 2.24) is 4.90 Å². The third-order valence-electron chi connectivity index (χ3n) is 4.87. The lowest BCUT2D eigenvalue weighted by Crippen LogP contribution is -2.37. The summed E-state index contributed by atoms with van der Waals surface area (Å²) >= 11 is 0. The molecule has 0 aromatic heterocycles. The molecule has 2 atom stereocenters. The number of nitrogens with zero attached hydrogens (tertiary/aromatic N) is 1. The largest absolute Gasteiger partial charge is 0.299 e. The van der Waals surface area contributed by atoms with Crippen LogP contribution in [0.5, 0.6) is 0 Å². The maximum absolute atomic E-state index is 12.0. The third kappa shape index (κ3) is 2.59. The number of ketones is 1. The Morgan fingerprint density at radius 2 is 2.05 bits per heavy atom. The van der Waals surface area contributed by atoms with Crippen molar-refractivity contribution in [1.29, 1.82) is 0 Å². The first-order valence-corrected chi connectivity index (χ1v) is 7.57. The standard InChI is InChI=1S/C17H23NO/c1-13-6-2-3-7-14(13)12-18-11-5-9-16(18)15-8-4-10-17(15)19/h2-3,6-7,15-16H,4-5,8-12H2,1H3. The summed E-state index contributed by atoms with van der Waals surface area (Å²) in [5, 5.41) is 0. The van der Waals surface area contributed by atoms with Gasteiger partial charge in [0.25, 0.3) is 0 Å². The second-order valence-electron chi connectivity index (χ2n) is 6.07. The molecule has 1 heterocycles. The summed E-state index contributed by atoms with van der Waals surface area (Å²) < 4.78 is 0. The third-order valence-corrected chi connectivity index (χ3v) is 4.87. The molecule has 1 saturated heterocycles. The monoisotopic (exact) mass is 257 g/mol. The highest BCUT2D eigenvalue weighted by atomic mass is 16.1. The molecule has 0 spiro atoms. The molecule has 1 aromatic rings. The Kier molecular flexibility index (Phi) is 3.69. The van der Waals surface area contributed by atoms with Gasteiger partial charge in [0.05, 0.1) is 0 Å². The van der Waals surface area contributed by atoms with Gasteiger partial charge in [-0.1, -0.05) is 24.3 Å². The highest BCUT2D eigenvalue weighted by Gasteiger charge is 2.37. The van der Waals surface area contributed by atoms with Gasteiger partial charge in [0.15, 0.2) is 0 Å². The number of carbonyl (C=O) groups is 1. The van der Waals surface area contributed by atoms with Crippen LogP contribution in [0.4, 0.5) is 0 Å². The molecule has 2 unspecified atom stereocenters. The Balaban J connectivity index is 1.73. The first-order valence-electron chi connectivity index (χ1n) is 7.57. The van der Waals surface area contributed by atoms with Crippen molar-refractivity contribution in [3.8, 4) is 0 Å². The maximum atomic E-state index is 12.0. The fraction of sp³-hybridized carbons (Fsp3) is 0.588. The first kappa shape index (κ1) is 12.9. The van der Waals surface area contributed by atoms with Gasteiger partial charge in [0.1, 0.15) is 5.78 Å². The number of carbonyl (C=O) groups excluding carboxylic acids is 1. The van der Waals surface area contributed by atoms with Crippen molar-refractivity contribution in [2.45, 2.75) is 51.6 Å². The van der Waals surface area contributed by atoms with E-state index in [2.05, 4.69) is 36.1 Å². The van der Waals surface area contributed by atoms with E-state index < -0.39 is 0 Å². The molecule has 2 heteroatoms. The summed E-state index contributed by atoms with van der Waals surface area (Å²) in [6.45, 7) is 4.35. The van der Waals surface area contributed by atoms with Gasteiger partial charge in [-0.3, -0.25) is 9.69 Å². The van der Waals surface area contributed by atoms with Crippen LogP contribution in [0.2, 0.25) is 0 Å². The molecule has 1 saturated carbocycles. The van der Waals surface area contributed by atoms with Crippen LogP contribution < -0.4 is 0 Å². The molecular weight excluding hydrogens is 234 g/mol. The van der Waals surface area contributed by atoms with Gasteiger partial charge in [-0.2, -0.15) is 0 Å². The Morgan fingerprint density at radius 1 is 1.21 bits per heavy atom. The van der Waals surface area contributed by atoms with Crippen molar-refractivity contribution in [3.63, 3.8) is 0 Å². The predicted molar refractivity (Wildman–Crippen MR) is 77.0 cm³/mol. The van der Waals surface area contributed by atoms with Crippen LogP contribution in [0, 0.1) is 12.8 Å². The quantitative estimate of drug-likeness (QED) is 0.828. The van der Waals surface area contributed by atoms with E-state index in [0.29, 0.717) is 17.7 Å². The Bertz CT molecular complexity index is 468. The first-order chi connectivity index (χ1) is 9.25. The van der Waals surface area contributed by atoms with E-state index in [4.69, 9.17) is 0 Å². The molecule has 2 aliphatic rings. The normalized spacial score (nSPS) is 28.2. The van der Waals surface area contributed by atoms with Gasteiger partial charge in [-0.25, -0.2) is 0 Å². The summed E-state index contributed by atoms with van der Waals surface area (Å²) in [4.78, 5) is 14.6. The summed E-state index contributed by atoms with van der Waals surface area (Å²) in [5.74, 6) is 0.841. The molecule has 1 aromatic carbocycles. The zero-order valence-electron chi connectivity index (χ0n) is 11.8. The average molecular weight is 257 g/mol. The van der Waals surface area contributed by atoms with Crippen LogP contribution in [0.15, 0.2) is 24.3 Å². The predicted octanol–water partition coefficient (Wildman–Crippen LogP) is 3.33. The van der Waals surface area contributed by atoms with E-state index in [9.17, 15) is 4.79 Å². The fourth-order valence-corrected chi connectivity index (χ4v) is 3.76. The van der Waals surface area contributed by atoms with E-state index in [-0.39, 0.29) is 0 Å². The van der Waals surface area contributed by atoms with Crippen LogP contribution in [0.1, 0.15) is 43.2 Å². The van der Waals surface area contributed by atoms with E-state index in [1.807, 2.05) is 0 Å². The molecule has 0 amide bonds. The minimum absolute atomic E-state index is 0.325. The van der Waals surface area contributed by atoms with Crippen LogP contribution >= 0.6 is 0 Å². The minimum Gasteiger partial charge on any atom is -0.299 e. The molecule has 0 bridgehead atoms. The van der Waals surface area contributed by atoms with E-state index in [0.717, 1.165) is 32.4 Å². The fourth-order valence-electron chi connectivity index (χ4n) is 3.76. The van der Waals surface area contributed by atoms with Crippen molar-refractivity contribution >= 4 is 5.78 Å². The minimum atomic E-state index is 0.325. The molecule has 1 aliphatic heterocycles. The van der Waals surface area contributed by atoms with Crippen LogP contribution in [-0.4, -0.2) is 23.3 Å². The topological polar surface area (TPSA) is 20.3 Å². The second-order valence-corrected chi connectivity index (χ2v) is 6.07. The number of hydrogen-bond acceptors (Lipinski definition) is 2. The lowest BCUT2D eigenvalue weighted by molar-refractivity contribution is -0.122. The summed E-state index contributed by atoms with van der Waals surface area (Å²) in [5.41, 5.74) is 2.78. The van der Waals surface area contributed by atoms with E-state index in [1.165, 1.54) is 24.0 Å². The number of likely N-dealkylation sites (tertiary alicyclic amines) is 1. The number of benzene rings is 1. The number of aryl methyl sites for hydroxylation is 1. The maximum Gasteiger partial charge on any atom is 0.137 e. The number of Topliss-reactive ketones (excluding diaryl/α,β-unsaturated/α-hetero) is 1. The van der Waals surface area contributed by atoms with Crippen molar-refractivity contribution in [2.75, 3.05) is 6.54 Å². The van der Waals surface area contributed by atoms with Gasteiger partial charge < -0.3 is 0 Å². The van der Waals surface area contributed by atoms with Crippen LogP contribution in [0.25, 0.3) is 0 Å². The number of hydrogen-bond donors (Lipinski definition) is 0. The molecule has 2 fully saturated rings. The van der Waals surface area contributed by atoms with Crippen molar-refractivity contribution in [2.24, 2.45) is 5.92 Å². The highest BCUT2D eigenvalue weighted by Crippen LogP contribution is 2.34. The average Bonchev–Trinajstić information content (AvgIpc) is 3.01. The van der Waals surface area contributed by atoms with Crippen molar-refractivity contribution < 1.29 is 4.79 Å². The van der Waals surface area contributed by atoms with Gasteiger partial charge in [0.2, 0.25) is 0 Å². The van der Waals surface area contributed by atoms with Gasteiger partial charge in [-0.05, 0) is 50.3 Å². The lowest BCUT2D eigenvalue weighted by Gasteiger charge is -2.29. The van der Waals surface area contributed by atoms with Gasteiger partial charge in [-0.15, -0.1) is 0 Å². The smallest absolute Gasteiger partial charge is 0.137 e. The molecular formula is C17H23NO. The highest BCUT2D eigenvalue weighted by molar-refractivity contribution is 5.83. The molecule has 3 rings (SSSR count). The van der Waals surface area contributed by atoms with Gasteiger partial charge in [0, 0.05) is 24.9 Å². The summed E-state index contributed by atoms with van der Waals surface area (Å²) in [7, 11) is 0. The van der Waals surface area contributed by atoms with Gasteiger partial charge >= 0.3 is 0 Å². The Morgan fingerprint density at radius 3 is 2.79 bits per heavy atom. The Hall–Kier alpha value is -1.15. The zero-order valence-corrected chi connectivity index (χ0v) is 11.8. The molecule has 0 radical (unpaired) electrons. The van der Waals surface area contributed by atoms with Crippen LogP contribution in [-0.2, 0) is 11.3 Å². The lowest BCUT2D eigenvalue weighted by atomic mass is 9.94.